The molecule has 0 aromatic carbocycles. The normalized spacial score (nSPS) is 10.4. The summed E-state index contributed by atoms with van der Waals surface area (Å²) in [6, 6.07) is 0. The molecular formula is CH6Ba2O9S2. The number of carbonyl (C=O) groups excluding carboxylic acids is 1. The third-order valence-electron chi connectivity index (χ3n) is 0.347. The van der Waals surface area contributed by atoms with Gasteiger partial charge in [-0.25, -0.2) is 4.79 Å². The fourth-order valence-corrected chi connectivity index (χ4v) is 0.641. The SMILES string of the molecule is O=C(OS(=O)(=O)O)OS(=O)(=O)O.[Ba+2].[Ba+2].[H-].[H-].[H-].[H-]. The van der Waals surface area contributed by atoms with E-state index in [-0.39, 0.29) is 103 Å². The zero-order chi connectivity index (χ0) is 9.99. The molecule has 9 nitrogen and oxygen atoms in total. The molecule has 0 unspecified atom stereocenters. The second-order valence-corrected chi connectivity index (χ2v) is 3.32. The van der Waals surface area contributed by atoms with Crippen molar-refractivity contribution in [2.24, 2.45) is 0 Å². The Morgan fingerprint density at radius 2 is 1.14 bits per heavy atom. The molecule has 2 N–H and O–H groups in total. The Kier molecular flexibility index (Phi) is 12.8. The minimum absolute atomic E-state index is 0. The van der Waals surface area contributed by atoms with Gasteiger partial charge >= 0.3 is 125 Å². The van der Waals surface area contributed by atoms with E-state index in [4.69, 9.17) is 9.11 Å². The molecule has 0 saturated carbocycles. The molecule has 0 amide bonds. The van der Waals surface area contributed by atoms with Crippen LogP contribution in [0.5, 0.6) is 0 Å². The van der Waals surface area contributed by atoms with Gasteiger partial charge in [0.25, 0.3) is 0 Å². The molecule has 0 bridgehead atoms. The van der Waals surface area contributed by atoms with E-state index in [9.17, 15) is 21.6 Å². The summed E-state index contributed by atoms with van der Waals surface area (Å²) in [7, 11) is -10.3. The first kappa shape index (κ1) is 21.5. The standard InChI is InChI=1S/CH2O9S2.2Ba.4H/c2-1(9-11(3,4)5)10-12(6,7)8;;;;;;/h(H,3,4,5)(H,6,7,8);;;;;;/q;2*+2;4*-1. The van der Waals surface area contributed by atoms with E-state index in [1.165, 1.54) is 0 Å². The fourth-order valence-electron chi connectivity index (χ4n) is 0.186. The molecule has 0 rings (SSSR count). The van der Waals surface area contributed by atoms with E-state index in [1.807, 2.05) is 0 Å². The van der Waals surface area contributed by atoms with Crippen LogP contribution in [0.1, 0.15) is 5.71 Å². The van der Waals surface area contributed by atoms with Gasteiger partial charge < -0.3 is 5.71 Å². The number of hydrogen-bond donors (Lipinski definition) is 2. The van der Waals surface area contributed by atoms with Crippen molar-refractivity contribution < 1.29 is 44.8 Å². The molecule has 13 heteroatoms. The third kappa shape index (κ3) is 16.7. The second kappa shape index (κ2) is 8.34. The molecule has 0 heterocycles. The molecule has 0 aromatic rings. The topological polar surface area (TPSA) is 144 Å². The van der Waals surface area contributed by atoms with Crippen molar-refractivity contribution in [2.75, 3.05) is 0 Å². The van der Waals surface area contributed by atoms with E-state index >= 15 is 0 Å². The summed E-state index contributed by atoms with van der Waals surface area (Å²) in [6.45, 7) is 0. The zero-order valence-electron chi connectivity index (χ0n) is 10.5. The number of hydrogen-bond acceptors (Lipinski definition) is 7. The van der Waals surface area contributed by atoms with Crippen LogP contribution in [-0.4, -0.2) is 130 Å². The van der Waals surface area contributed by atoms with E-state index in [1.54, 1.807) is 0 Å². The molecule has 0 aliphatic rings. The van der Waals surface area contributed by atoms with Crippen molar-refractivity contribution in [3.63, 3.8) is 0 Å². The first-order chi connectivity index (χ1) is 5.10. The minimum Gasteiger partial charge on any atom is -1.00 e. The summed E-state index contributed by atoms with van der Waals surface area (Å²) < 4.78 is 60.1. The first-order valence-electron chi connectivity index (χ1n) is 1.98. The van der Waals surface area contributed by atoms with Gasteiger partial charge in [-0.1, -0.05) is 0 Å². The maximum Gasteiger partial charge on any atom is 2.00 e. The maximum absolute atomic E-state index is 9.95. The van der Waals surface area contributed by atoms with Crippen LogP contribution in [0.3, 0.4) is 0 Å². The van der Waals surface area contributed by atoms with Gasteiger partial charge in [-0.3, -0.25) is 17.5 Å². The van der Waals surface area contributed by atoms with Gasteiger partial charge in [0.15, 0.2) is 0 Å². The van der Waals surface area contributed by atoms with Crippen molar-refractivity contribution in [1.82, 2.24) is 0 Å². The van der Waals surface area contributed by atoms with Crippen molar-refractivity contribution in [3.05, 3.63) is 0 Å². The second-order valence-electron chi connectivity index (χ2n) is 1.27. The van der Waals surface area contributed by atoms with Crippen LogP contribution in [0.2, 0.25) is 0 Å². The van der Waals surface area contributed by atoms with Crippen molar-refractivity contribution in [2.45, 2.75) is 0 Å². The Morgan fingerprint density at radius 1 is 0.929 bits per heavy atom. The summed E-state index contributed by atoms with van der Waals surface area (Å²) in [5.41, 5.74) is 0. The van der Waals surface area contributed by atoms with Gasteiger partial charge in [0, 0.05) is 0 Å². The molecule has 0 aliphatic carbocycles. The number of rotatable bonds is 2. The van der Waals surface area contributed by atoms with Gasteiger partial charge in [0.05, 0.1) is 0 Å². The van der Waals surface area contributed by atoms with Crippen LogP contribution in [0.4, 0.5) is 4.79 Å². The quantitative estimate of drug-likeness (QED) is 0.339. The fraction of sp³-hybridized carbons (Fsp3) is 0. The molecule has 0 radical (unpaired) electrons. The average Bonchev–Trinajstić information content (AvgIpc) is 1.49. The monoisotopic (exact) mass is 502 g/mol. The van der Waals surface area contributed by atoms with Crippen molar-refractivity contribution >= 4 is 125 Å². The van der Waals surface area contributed by atoms with Crippen LogP contribution in [0.15, 0.2) is 0 Å². The first-order valence-corrected chi connectivity index (χ1v) is 4.71. The van der Waals surface area contributed by atoms with E-state index < -0.39 is 27.0 Å². The molecule has 0 spiro atoms. The Bertz CT molecular complexity index is 341. The molecule has 14 heavy (non-hydrogen) atoms. The Hall–Kier alpha value is 2.23. The van der Waals surface area contributed by atoms with Gasteiger partial charge in [-0.05, 0) is 0 Å². The van der Waals surface area contributed by atoms with Crippen LogP contribution >= 0.6 is 0 Å². The van der Waals surface area contributed by atoms with Crippen LogP contribution < -0.4 is 0 Å². The van der Waals surface area contributed by atoms with Gasteiger partial charge in [-0.2, -0.15) is 16.8 Å². The van der Waals surface area contributed by atoms with E-state index in [2.05, 4.69) is 8.37 Å². The van der Waals surface area contributed by atoms with Crippen LogP contribution in [0, 0.1) is 0 Å². The minimum atomic E-state index is -5.15. The van der Waals surface area contributed by atoms with Crippen LogP contribution in [-0.2, 0) is 29.2 Å². The molecule has 0 atom stereocenters. The summed E-state index contributed by atoms with van der Waals surface area (Å²) >= 11 is 0. The van der Waals surface area contributed by atoms with E-state index in [0.717, 1.165) is 0 Å². The third-order valence-corrected chi connectivity index (χ3v) is 1.04. The molecular weight excluding hydrogens is 495 g/mol. The predicted octanol–water partition coefficient (Wildman–Crippen LogP) is -1.57. The number of carbonyl (C=O) groups is 1. The van der Waals surface area contributed by atoms with Crippen molar-refractivity contribution in [1.29, 1.82) is 0 Å². The molecule has 0 aromatic heterocycles. The molecule has 0 aliphatic heterocycles. The predicted molar refractivity (Wildman–Crippen MR) is 46.6 cm³/mol. The Labute approximate surface area is 166 Å². The zero-order valence-corrected chi connectivity index (χ0v) is 17.0. The maximum atomic E-state index is 9.95. The largest absolute Gasteiger partial charge is 2.00 e. The van der Waals surface area contributed by atoms with Gasteiger partial charge in [0.1, 0.15) is 0 Å². The Morgan fingerprint density at radius 3 is 1.29 bits per heavy atom. The van der Waals surface area contributed by atoms with Crippen LogP contribution in [0.25, 0.3) is 0 Å². The summed E-state index contributed by atoms with van der Waals surface area (Å²) in [5.74, 6) is 0. The van der Waals surface area contributed by atoms with Gasteiger partial charge in [-0.15, -0.1) is 0 Å². The van der Waals surface area contributed by atoms with Crippen molar-refractivity contribution in [3.8, 4) is 0 Å². The summed E-state index contributed by atoms with van der Waals surface area (Å²) in [5, 5.41) is 0. The average molecular weight is 501 g/mol. The smallest absolute Gasteiger partial charge is 1.00 e. The summed E-state index contributed by atoms with van der Waals surface area (Å²) in [4.78, 5) is 9.95. The van der Waals surface area contributed by atoms with E-state index in [0.29, 0.717) is 0 Å². The summed E-state index contributed by atoms with van der Waals surface area (Å²) in [6.07, 6.45) is -2.29. The van der Waals surface area contributed by atoms with Gasteiger partial charge in [0.2, 0.25) is 0 Å². The molecule has 80 valence electrons. The molecule has 0 saturated heterocycles. The molecule has 0 fully saturated rings. The Balaban J connectivity index is -0.0000000403.